The maximum atomic E-state index is 11.7. The number of aliphatic carboxylic acids is 1. The van der Waals surface area contributed by atoms with Gasteiger partial charge in [-0.05, 0) is 48.6 Å². The summed E-state index contributed by atoms with van der Waals surface area (Å²) in [5.41, 5.74) is 2.24. The Bertz CT molecular complexity index is 876. The van der Waals surface area contributed by atoms with Gasteiger partial charge in [0.05, 0.1) is 6.10 Å². The first-order valence-electron chi connectivity index (χ1n) is 12.9. The fraction of sp³-hybridized carbons (Fsp3) is 0.516. The van der Waals surface area contributed by atoms with E-state index in [1.54, 1.807) is 0 Å². The molecule has 0 amide bonds. The van der Waals surface area contributed by atoms with E-state index in [-0.39, 0.29) is 17.1 Å². The van der Waals surface area contributed by atoms with Crippen LogP contribution in [0.4, 0.5) is 0 Å². The van der Waals surface area contributed by atoms with Gasteiger partial charge in [-0.3, -0.25) is 0 Å². The quantitative estimate of drug-likeness (QED) is 0.197. The van der Waals surface area contributed by atoms with Crippen LogP contribution in [0.3, 0.4) is 0 Å². The molecule has 0 spiro atoms. The molecule has 2 N–H and O–H groups in total. The molecule has 0 radical (unpaired) electrons. The zero-order valence-electron chi connectivity index (χ0n) is 21.4. The molecule has 186 valence electrons. The van der Waals surface area contributed by atoms with Crippen LogP contribution < -0.4 is 0 Å². The summed E-state index contributed by atoms with van der Waals surface area (Å²) in [6, 6.07) is 20.6. The maximum absolute atomic E-state index is 11.7. The summed E-state index contributed by atoms with van der Waals surface area (Å²) in [6.45, 7) is 10.5. The highest BCUT2D eigenvalue weighted by atomic mass is 16.4. The molecule has 0 bridgehead atoms. The molecule has 2 aromatic rings. The number of carboxylic acids is 1. The Morgan fingerprint density at radius 1 is 0.824 bits per heavy atom. The van der Waals surface area contributed by atoms with Gasteiger partial charge in [0.2, 0.25) is 0 Å². The first kappa shape index (κ1) is 27.9. The highest BCUT2D eigenvalue weighted by molar-refractivity contribution is 5.89. The monoisotopic (exact) mass is 464 g/mol. The van der Waals surface area contributed by atoms with Gasteiger partial charge in [0, 0.05) is 11.0 Å². The molecule has 3 nitrogen and oxygen atoms in total. The summed E-state index contributed by atoms with van der Waals surface area (Å²) in [5, 5.41) is 20.1. The van der Waals surface area contributed by atoms with Crippen molar-refractivity contribution in [1.82, 2.24) is 0 Å². The van der Waals surface area contributed by atoms with E-state index in [0.717, 1.165) is 50.5 Å². The Labute approximate surface area is 206 Å². The Kier molecular flexibility index (Phi) is 11.0. The Morgan fingerprint density at radius 3 is 1.82 bits per heavy atom. The summed E-state index contributed by atoms with van der Waals surface area (Å²) < 4.78 is 0. The number of carbonyl (C=O) groups is 1. The van der Waals surface area contributed by atoms with Crippen molar-refractivity contribution < 1.29 is 15.0 Å². The van der Waals surface area contributed by atoms with Crippen molar-refractivity contribution in [3.63, 3.8) is 0 Å². The molecule has 0 saturated carbocycles. The number of rotatable bonds is 16. The Balaban J connectivity index is 1.78. The highest BCUT2D eigenvalue weighted by Gasteiger charge is 2.33. The second-order valence-electron chi connectivity index (χ2n) is 10.3. The van der Waals surface area contributed by atoms with Crippen LogP contribution in [0.2, 0.25) is 0 Å². The SMILES string of the molecule is C=C(C(=O)O)C(C)(CCCCC(O)CCCCC(C)(CCC)c1ccccc1)c1ccccc1. The third kappa shape index (κ3) is 7.84. The molecular formula is C31H44O3. The lowest BCUT2D eigenvalue weighted by atomic mass is 9.72. The molecule has 2 aromatic carbocycles. The van der Waals surface area contributed by atoms with Crippen molar-refractivity contribution in [2.75, 3.05) is 0 Å². The lowest BCUT2D eigenvalue weighted by molar-refractivity contribution is -0.133. The van der Waals surface area contributed by atoms with E-state index < -0.39 is 11.4 Å². The molecule has 3 atom stereocenters. The van der Waals surface area contributed by atoms with Gasteiger partial charge in [-0.1, -0.05) is 120 Å². The van der Waals surface area contributed by atoms with Crippen LogP contribution in [0.15, 0.2) is 72.8 Å². The largest absolute Gasteiger partial charge is 0.478 e. The van der Waals surface area contributed by atoms with Gasteiger partial charge < -0.3 is 10.2 Å². The predicted octanol–water partition coefficient (Wildman–Crippen LogP) is 7.82. The van der Waals surface area contributed by atoms with Gasteiger partial charge >= 0.3 is 5.97 Å². The minimum atomic E-state index is -0.947. The van der Waals surface area contributed by atoms with Crippen LogP contribution in [0.1, 0.15) is 96.1 Å². The topological polar surface area (TPSA) is 57.5 Å². The van der Waals surface area contributed by atoms with E-state index in [4.69, 9.17) is 0 Å². The van der Waals surface area contributed by atoms with Crippen molar-refractivity contribution in [2.24, 2.45) is 0 Å². The van der Waals surface area contributed by atoms with Crippen molar-refractivity contribution in [1.29, 1.82) is 0 Å². The number of hydrogen-bond acceptors (Lipinski definition) is 2. The van der Waals surface area contributed by atoms with Crippen molar-refractivity contribution in [2.45, 2.75) is 102 Å². The van der Waals surface area contributed by atoms with Crippen LogP contribution >= 0.6 is 0 Å². The normalized spacial score (nSPS) is 15.8. The number of hydrogen-bond donors (Lipinski definition) is 2. The third-order valence-corrected chi connectivity index (χ3v) is 7.59. The fourth-order valence-corrected chi connectivity index (χ4v) is 5.22. The van der Waals surface area contributed by atoms with E-state index in [1.807, 2.05) is 37.3 Å². The molecular weight excluding hydrogens is 420 g/mol. The highest BCUT2D eigenvalue weighted by Crippen LogP contribution is 2.37. The third-order valence-electron chi connectivity index (χ3n) is 7.59. The lowest BCUT2D eigenvalue weighted by Crippen LogP contribution is -2.28. The van der Waals surface area contributed by atoms with Gasteiger partial charge in [-0.15, -0.1) is 0 Å². The number of aliphatic hydroxyl groups excluding tert-OH is 1. The van der Waals surface area contributed by atoms with E-state index in [1.165, 1.54) is 18.4 Å². The molecule has 0 aliphatic carbocycles. The standard InChI is InChI=1S/C31H44O3/c1-5-22-30(3,26-16-8-6-9-17-26)23-14-12-20-28(32)21-13-15-24-31(4,25(2)29(33)34)27-18-10-7-11-19-27/h6-11,16-19,28,32H,2,5,12-15,20-24H2,1,3-4H3,(H,33,34). The van der Waals surface area contributed by atoms with Crippen molar-refractivity contribution in [3.8, 4) is 0 Å². The van der Waals surface area contributed by atoms with Crippen molar-refractivity contribution >= 4 is 5.97 Å². The summed E-state index contributed by atoms with van der Waals surface area (Å²) in [7, 11) is 0. The number of carboxylic acid groups (broad SMARTS) is 1. The van der Waals surface area contributed by atoms with Crippen LogP contribution in [0, 0.1) is 0 Å². The van der Waals surface area contributed by atoms with Crippen LogP contribution in [0.25, 0.3) is 0 Å². The molecule has 0 aromatic heterocycles. The zero-order valence-corrected chi connectivity index (χ0v) is 21.4. The van der Waals surface area contributed by atoms with E-state index in [0.29, 0.717) is 6.42 Å². The average Bonchev–Trinajstić information content (AvgIpc) is 2.85. The minimum Gasteiger partial charge on any atom is -0.478 e. The molecule has 0 saturated heterocycles. The van der Waals surface area contributed by atoms with Gasteiger partial charge in [0.25, 0.3) is 0 Å². The van der Waals surface area contributed by atoms with Gasteiger partial charge in [0.15, 0.2) is 0 Å². The zero-order chi connectivity index (χ0) is 25.0. The molecule has 34 heavy (non-hydrogen) atoms. The van der Waals surface area contributed by atoms with E-state index >= 15 is 0 Å². The molecule has 2 rings (SSSR count). The molecule has 3 heteroatoms. The lowest BCUT2D eigenvalue weighted by Gasteiger charge is -2.31. The molecule has 0 fully saturated rings. The predicted molar refractivity (Wildman–Crippen MR) is 142 cm³/mol. The Morgan fingerprint density at radius 2 is 1.32 bits per heavy atom. The Hall–Kier alpha value is -2.39. The molecule has 0 aliphatic heterocycles. The molecule has 0 heterocycles. The summed E-state index contributed by atoms with van der Waals surface area (Å²) in [4.78, 5) is 11.7. The fourth-order valence-electron chi connectivity index (χ4n) is 5.22. The van der Waals surface area contributed by atoms with E-state index in [2.05, 4.69) is 50.8 Å². The number of aliphatic hydroxyl groups is 1. The summed E-state index contributed by atoms with van der Waals surface area (Å²) in [5.74, 6) is -0.947. The number of benzene rings is 2. The van der Waals surface area contributed by atoms with Crippen LogP contribution in [-0.2, 0) is 15.6 Å². The second-order valence-corrected chi connectivity index (χ2v) is 10.3. The second kappa shape index (κ2) is 13.5. The van der Waals surface area contributed by atoms with Gasteiger partial charge in [-0.25, -0.2) is 4.79 Å². The van der Waals surface area contributed by atoms with Gasteiger partial charge in [0.1, 0.15) is 0 Å². The van der Waals surface area contributed by atoms with Crippen LogP contribution in [-0.4, -0.2) is 22.3 Å². The first-order chi connectivity index (χ1) is 16.2. The number of unbranched alkanes of at least 4 members (excludes halogenated alkanes) is 2. The first-order valence-corrected chi connectivity index (χ1v) is 12.9. The summed E-state index contributed by atoms with van der Waals surface area (Å²) >= 11 is 0. The van der Waals surface area contributed by atoms with Gasteiger partial charge in [-0.2, -0.15) is 0 Å². The van der Waals surface area contributed by atoms with Crippen molar-refractivity contribution in [3.05, 3.63) is 83.9 Å². The smallest absolute Gasteiger partial charge is 0.331 e. The van der Waals surface area contributed by atoms with E-state index in [9.17, 15) is 15.0 Å². The summed E-state index contributed by atoms with van der Waals surface area (Å²) in [6.07, 6.45) is 9.39. The average molecular weight is 465 g/mol. The maximum Gasteiger partial charge on any atom is 0.331 e. The minimum absolute atomic E-state index is 0.204. The molecule has 3 unspecified atom stereocenters. The van der Waals surface area contributed by atoms with Crippen LogP contribution in [0.5, 0.6) is 0 Å². The molecule has 0 aliphatic rings.